The molecule has 8 nitrogen and oxygen atoms in total. The van der Waals surface area contributed by atoms with Crippen molar-refractivity contribution < 1.29 is 24.3 Å². The van der Waals surface area contributed by atoms with Crippen molar-refractivity contribution in [3.8, 4) is 17.2 Å². The van der Waals surface area contributed by atoms with E-state index in [0.717, 1.165) is 4.90 Å². The smallest absolute Gasteiger partial charge is 0.411 e. The second-order valence-electron chi connectivity index (χ2n) is 4.53. The van der Waals surface area contributed by atoms with Gasteiger partial charge in [-0.05, 0) is 18.2 Å². The second-order valence-corrected chi connectivity index (χ2v) is 4.53. The Hall–Kier alpha value is -3.29. The third-order valence-corrected chi connectivity index (χ3v) is 3.07. The lowest BCUT2D eigenvalue weighted by molar-refractivity contribution is -0.384. The van der Waals surface area contributed by atoms with Crippen molar-refractivity contribution in [1.29, 1.82) is 0 Å². The van der Waals surface area contributed by atoms with Gasteiger partial charge in [-0.2, -0.15) is 0 Å². The normalized spacial score (nSPS) is 10.0. The maximum Gasteiger partial charge on any atom is 0.411 e. The van der Waals surface area contributed by atoms with Crippen LogP contribution in [0, 0.1) is 10.1 Å². The van der Waals surface area contributed by atoms with Crippen LogP contribution in [0.1, 0.15) is 0 Å². The van der Waals surface area contributed by atoms with Crippen LogP contribution < -0.4 is 14.4 Å². The molecule has 0 fully saturated rings. The van der Waals surface area contributed by atoms with Gasteiger partial charge >= 0.3 is 6.09 Å². The number of carbonyl (C=O) groups is 1. The molecule has 0 aliphatic heterocycles. The minimum Gasteiger partial charge on any atom is -0.497 e. The average molecular weight is 318 g/mol. The molecule has 1 amide bonds. The highest BCUT2D eigenvalue weighted by Gasteiger charge is 2.22. The molecule has 2 aromatic carbocycles. The van der Waals surface area contributed by atoms with Crippen molar-refractivity contribution in [3.63, 3.8) is 0 Å². The lowest BCUT2D eigenvalue weighted by Gasteiger charge is -2.15. The Morgan fingerprint density at radius 2 is 1.83 bits per heavy atom. The Balaban J connectivity index is 2.38. The van der Waals surface area contributed by atoms with Crippen LogP contribution in [0.2, 0.25) is 0 Å². The highest BCUT2D eigenvalue weighted by atomic mass is 16.6. The van der Waals surface area contributed by atoms with E-state index in [1.165, 1.54) is 32.4 Å². The van der Waals surface area contributed by atoms with Crippen LogP contribution in [0.15, 0.2) is 42.5 Å². The van der Waals surface area contributed by atoms with Gasteiger partial charge in [-0.15, -0.1) is 0 Å². The number of nitrogens with zero attached hydrogens (tertiary/aromatic N) is 2. The summed E-state index contributed by atoms with van der Waals surface area (Å²) in [5, 5.41) is 20.1. The molecule has 0 aromatic heterocycles. The fraction of sp³-hybridized carbons (Fsp3) is 0.133. The lowest BCUT2D eigenvalue weighted by atomic mass is 10.2. The van der Waals surface area contributed by atoms with Gasteiger partial charge in [-0.25, -0.2) is 4.79 Å². The van der Waals surface area contributed by atoms with Crippen molar-refractivity contribution in [3.05, 3.63) is 52.6 Å². The zero-order valence-corrected chi connectivity index (χ0v) is 12.4. The van der Waals surface area contributed by atoms with E-state index < -0.39 is 11.0 Å². The number of carboxylic acid groups (broad SMARTS) is 1. The molecule has 120 valence electrons. The number of hydrogen-bond donors (Lipinski definition) is 1. The molecule has 0 heterocycles. The molecule has 0 unspecified atom stereocenters. The average Bonchev–Trinajstić information content (AvgIpc) is 2.53. The molecule has 0 aliphatic rings. The van der Waals surface area contributed by atoms with Crippen LogP contribution >= 0.6 is 0 Å². The van der Waals surface area contributed by atoms with Gasteiger partial charge in [-0.3, -0.25) is 15.0 Å². The quantitative estimate of drug-likeness (QED) is 0.668. The fourth-order valence-corrected chi connectivity index (χ4v) is 1.89. The maximum absolute atomic E-state index is 11.1. The van der Waals surface area contributed by atoms with Crippen LogP contribution in [0.3, 0.4) is 0 Å². The van der Waals surface area contributed by atoms with Crippen molar-refractivity contribution in [2.45, 2.75) is 0 Å². The molecule has 23 heavy (non-hydrogen) atoms. The Morgan fingerprint density at radius 3 is 2.43 bits per heavy atom. The number of benzene rings is 2. The molecule has 0 saturated carbocycles. The third kappa shape index (κ3) is 3.67. The van der Waals surface area contributed by atoms with Crippen LogP contribution in [0.25, 0.3) is 0 Å². The first kappa shape index (κ1) is 16.1. The van der Waals surface area contributed by atoms with Crippen molar-refractivity contribution >= 4 is 17.5 Å². The zero-order chi connectivity index (χ0) is 17.0. The Labute approximate surface area is 131 Å². The van der Waals surface area contributed by atoms with Gasteiger partial charge in [0.05, 0.1) is 12.0 Å². The number of rotatable bonds is 5. The zero-order valence-electron chi connectivity index (χ0n) is 12.4. The molecule has 0 radical (unpaired) electrons. The monoisotopic (exact) mass is 318 g/mol. The molecule has 1 N–H and O–H groups in total. The summed E-state index contributed by atoms with van der Waals surface area (Å²) in [6.07, 6.45) is -1.31. The SMILES string of the molecule is COc1cccc(Oc2ccc([N+](=O)[O-])c(N(C)C(=O)O)c2)c1. The third-order valence-electron chi connectivity index (χ3n) is 3.07. The number of methoxy groups -OCH3 is 1. The van der Waals surface area contributed by atoms with E-state index in [0.29, 0.717) is 11.5 Å². The van der Waals surface area contributed by atoms with Crippen LogP contribution in [-0.2, 0) is 0 Å². The summed E-state index contributed by atoms with van der Waals surface area (Å²) >= 11 is 0. The minimum absolute atomic E-state index is 0.0807. The number of nitro groups is 1. The van der Waals surface area contributed by atoms with Crippen molar-refractivity contribution in [2.24, 2.45) is 0 Å². The molecule has 0 spiro atoms. The molecular weight excluding hydrogens is 304 g/mol. The van der Waals surface area contributed by atoms with E-state index in [1.54, 1.807) is 24.3 Å². The fourth-order valence-electron chi connectivity index (χ4n) is 1.89. The minimum atomic E-state index is -1.31. The second kappa shape index (κ2) is 6.65. The van der Waals surface area contributed by atoms with Crippen LogP contribution in [-0.4, -0.2) is 30.3 Å². The maximum atomic E-state index is 11.1. The molecule has 2 aromatic rings. The predicted octanol–water partition coefficient (Wildman–Crippen LogP) is 3.51. The summed E-state index contributed by atoms with van der Waals surface area (Å²) in [6.45, 7) is 0. The van der Waals surface area contributed by atoms with Crippen LogP contribution in [0.4, 0.5) is 16.2 Å². The van der Waals surface area contributed by atoms with Gasteiger partial charge < -0.3 is 14.6 Å². The largest absolute Gasteiger partial charge is 0.497 e. The molecule has 2 rings (SSSR count). The summed E-state index contributed by atoms with van der Waals surface area (Å²) in [5.74, 6) is 1.32. The van der Waals surface area contributed by atoms with Gasteiger partial charge in [0.25, 0.3) is 5.69 Å². The topological polar surface area (TPSA) is 102 Å². The molecule has 0 saturated heterocycles. The Morgan fingerprint density at radius 1 is 1.17 bits per heavy atom. The Bertz CT molecular complexity index is 746. The lowest BCUT2D eigenvalue weighted by Crippen LogP contribution is -2.24. The van der Waals surface area contributed by atoms with Crippen molar-refractivity contribution in [2.75, 3.05) is 19.1 Å². The number of amides is 1. The summed E-state index contributed by atoms with van der Waals surface area (Å²) < 4.78 is 10.7. The standard InChI is InChI=1S/C15H14N2O6/c1-16(15(18)19)14-9-12(6-7-13(14)17(20)21)23-11-5-3-4-10(8-11)22-2/h3-9H,1-2H3,(H,18,19). The number of nitro benzene ring substituents is 1. The highest BCUT2D eigenvalue weighted by molar-refractivity contribution is 5.89. The van der Waals surface area contributed by atoms with E-state index in [9.17, 15) is 14.9 Å². The first-order valence-corrected chi connectivity index (χ1v) is 6.49. The summed E-state index contributed by atoms with van der Waals surface area (Å²) in [5.41, 5.74) is -0.407. The first-order chi connectivity index (χ1) is 10.9. The highest BCUT2D eigenvalue weighted by Crippen LogP contribution is 2.34. The van der Waals surface area contributed by atoms with Gasteiger partial charge in [0.15, 0.2) is 0 Å². The number of anilines is 1. The van der Waals surface area contributed by atoms with E-state index in [4.69, 9.17) is 14.6 Å². The molecule has 0 aliphatic carbocycles. The molecule has 0 bridgehead atoms. The van der Waals surface area contributed by atoms with Gasteiger partial charge in [0.1, 0.15) is 22.9 Å². The molecule has 0 atom stereocenters. The van der Waals surface area contributed by atoms with Crippen molar-refractivity contribution in [1.82, 2.24) is 0 Å². The van der Waals surface area contributed by atoms with Gasteiger partial charge in [0, 0.05) is 25.2 Å². The van der Waals surface area contributed by atoms with E-state index >= 15 is 0 Å². The van der Waals surface area contributed by atoms with Gasteiger partial charge in [0.2, 0.25) is 0 Å². The van der Waals surface area contributed by atoms with Gasteiger partial charge in [-0.1, -0.05) is 6.07 Å². The number of hydrogen-bond acceptors (Lipinski definition) is 5. The Kier molecular flexibility index (Phi) is 4.65. The summed E-state index contributed by atoms with van der Waals surface area (Å²) in [4.78, 5) is 22.2. The van der Waals surface area contributed by atoms with E-state index in [1.807, 2.05) is 0 Å². The molecule has 8 heteroatoms. The molecular formula is C15H14N2O6. The van der Waals surface area contributed by atoms with E-state index in [-0.39, 0.29) is 17.1 Å². The predicted molar refractivity (Wildman–Crippen MR) is 82.6 cm³/mol. The summed E-state index contributed by atoms with van der Waals surface area (Å²) in [7, 11) is 2.74. The van der Waals surface area contributed by atoms with E-state index in [2.05, 4.69) is 0 Å². The number of ether oxygens (including phenoxy) is 2. The first-order valence-electron chi connectivity index (χ1n) is 6.49. The van der Waals surface area contributed by atoms with Crippen LogP contribution in [0.5, 0.6) is 17.2 Å². The summed E-state index contributed by atoms with van der Waals surface area (Å²) in [6, 6.07) is 10.7.